The largest absolute Gasteiger partial charge is 0.507 e. The minimum Gasteiger partial charge on any atom is -0.507 e. The minimum atomic E-state index is -0.684. The third-order valence-corrected chi connectivity index (χ3v) is 4.63. The predicted octanol–water partition coefficient (Wildman–Crippen LogP) is 4.06. The van der Waals surface area contributed by atoms with Crippen molar-refractivity contribution in [3.63, 3.8) is 0 Å². The SMILES string of the molecule is C=CCN1C(=O)C(=O)C(=C(O)c2ccccc2)[C@@H]1c1ccc(Br)cc1. The molecule has 0 unspecified atom stereocenters. The van der Waals surface area contributed by atoms with Crippen LogP contribution in [-0.2, 0) is 9.59 Å². The molecular weight excluding hydrogens is 382 g/mol. The molecule has 1 aliphatic rings. The van der Waals surface area contributed by atoms with E-state index in [1.54, 1.807) is 30.3 Å². The average molecular weight is 398 g/mol. The van der Waals surface area contributed by atoms with Gasteiger partial charge in [0.1, 0.15) is 5.76 Å². The van der Waals surface area contributed by atoms with Gasteiger partial charge in [0, 0.05) is 16.6 Å². The summed E-state index contributed by atoms with van der Waals surface area (Å²) in [6, 6.07) is 15.4. The summed E-state index contributed by atoms with van der Waals surface area (Å²) in [5.74, 6) is -1.49. The quantitative estimate of drug-likeness (QED) is 0.366. The van der Waals surface area contributed by atoms with Crippen LogP contribution in [0.25, 0.3) is 5.76 Å². The van der Waals surface area contributed by atoms with E-state index in [0.29, 0.717) is 5.56 Å². The summed E-state index contributed by atoms with van der Waals surface area (Å²) in [7, 11) is 0. The lowest BCUT2D eigenvalue weighted by Crippen LogP contribution is -2.29. The van der Waals surface area contributed by atoms with Gasteiger partial charge in [-0.2, -0.15) is 0 Å². The van der Waals surface area contributed by atoms with E-state index in [4.69, 9.17) is 0 Å². The van der Waals surface area contributed by atoms with E-state index < -0.39 is 17.7 Å². The average Bonchev–Trinajstić information content (AvgIpc) is 2.88. The van der Waals surface area contributed by atoms with E-state index in [1.807, 2.05) is 30.3 Å². The number of aliphatic hydroxyl groups is 1. The maximum absolute atomic E-state index is 12.6. The Morgan fingerprint density at radius 1 is 1.12 bits per heavy atom. The van der Waals surface area contributed by atoms with Crippen molar-refractivity contribution >= 4 is 33.4 Å². The highest BCUT2D eigenvalue weighted by Gasteiger charge is 2.45. The van der Waals surface area contributed by atoms with Crippen molar-refractivity contribution in [2.45, 2.75) is 6.04 Å². The Kier molecular flexibility index (Phi) is 4.86. The van der Waals surface area contributed by atoms with E-state index in [-0.39, 0.29) is 17.9 Å². The van der Waals surface area contributed by atoms with Gasteiger partial charge in [-0.05, 0) is 17.7 Å². The topological polar surface area (TPSA) is 57.6 Å². The van der Waals surface area contributed by atoms with Crippen LogP contribution in [0.2, 0.25) is 0 Å². The predicted molar refractivity (Wildman–Crippen MR) is 99.8 cm³/mol. The second-order valence-corrected chi connectivity index (χ2v) is 6.57. The molecule has 0 radical (unpaired) electrons. The van der Waals surface area contributed by atoms with Crippen molar-refractivity contribution < 1.29 is 14.7 Å². The lowest BCUT2D eigenvalue weighted by atomic mass is 9.95. The third kappa shape index (κ3) is 3.15. The summed E-state index contributed by atoms with van der Waals surface area (Å²) >= 11 is 3.38. The van der Waals surface area contributed by atoms with Crippen LogP contribution < -0.4 is 0 Å². The Balaban J connectivity index is 2.19. The van der Waals surface area contributed by atoms with E-state index in [9.17, 15) is 14.7 Å². The van der Waals surface area contributed by atoms with Gasteiger partial charge in [0.05, 0.1) is 11.6 Å². The Morgan fingerprint density at radius 3 is 2.36 bits per heavy atom. The first kappa shape index (κ1) is 17.2. The smallest absolute Gasteiger partial charge is 0.295 e. The fraction of sp³-hybridized carbons (Fsp3) is 0.100. The Hall–Kier alpha value is -2.66. The highest BCUT2D eigenvalue weighted by molar-refractivity contribution is 9.10. The van der Waals surface area contributed by atoms with E-state index >= 15 is 0 Å². The van der Waals surface area contributed by atoms with Crippen molar-refractivity contribution in [3.8, 4) is 0 Å². The summed E-state index contributed by atoms with van der Waals surface area (Å²) in [4.78, 5) is 26.5. The van der Waals surface area contributed by atoms with Gasteiger partial charge in [-0.3, -0.25) is 9.59 Å². The van der Waals surface area contributed by atoms with Crippen molar-refractivity contribution in [2.24, 2.45) is 0 Å². The number of hydrogen-bond acceptors (Lipinski definition) is 3. The second kappa shape index (κ2) is 7.07. The van der Waals surface area contributed by atoms with Crippen LogP contribution in [0.15, 0.2) is 77.3 Å². The highest BCUT2D eigenvalue weighted by atomic mass is 79.9. The Bertz CT molecular complexity index is 856. The number of likely N-dealkylation sites (tertiary alicyclic amines) is 1. The number of hydrogen-bond donors (Lipinski definition) is 1. The first-order chi connectivity index (χ1) is 12.0. The van der Waals surface area contributed by atoms with Gasteiger partial charge in [0.15, 0.2) is 0 Å². The third-order valence-electron chi connectivity index (χ3n) is 4.10. The molecule has 2 aromatic carbocycles. The molecule has 126 valence electrons. The molecule has 0 bridgehead atoms. The highest BCUT2D eigenvalue weighted by Crippen LogP contribution is 2.39. The molecule has 1 saturated heterocycles. The normalized spacial score (nSPS) is 19.2. The molecular formula is C20H16BrNO3. The van der Waals surface area contributed by atoms with Crippen LogP contribution >= 0.6 is 15.9 Å². The molecule has 1 aliphatic heterocycles. The van der Waals surface area contributed by atoms with Gasteiger partial charge in [0.25, 0.3) is 11.7 Å². The zero-order valence-electron chi connectivity index (χ0n) is 13.4. The lowest BCUT2D eigenvalue weighted by Gasteiger charge is -2.24. The van der Waals surface area contributed by atoms with E-state index in [1.165, 1.54) is 4.90 Å². The number of nitrogens with zero attached hydrogens (tertiary/aromatic N) is 1. The monoisotopic (exact) mass is 397 g/mol. The van der Waals surface area contributed by atoms with E-state index in [0.717, 1.165) is 10.0 Å². The molecule has 0 saturated carbocycles. The molecule has 0 aromatic heterocycles. The van der Waals surface area contributed by atoms with Gasteiger partial charge in [0.2, 0.25) is 0 Å². The molecule has 0 spiro atoms. The Morgan fingerprint density at radius 2 is 1.76 bits per heavy atom. The number of halogens is 1. The zero-order valence-corrected chi connectivity index (χ0v) is 14.9. The summed E-state index contributed by atoms with van der Waals surface area (Å²) < 4.78 is 0.889. The van der Waals surface area contributed by atoms with Crippen LogP contribution in [0.5, 0.6) is 0 Å². The van der Waals surface area contributed by atoms with Gasteiger partial charge >= 0.3 is 0 Å². The van der Waals surface area contributed by atoms with Gasteiger partial charge in [-0.1, -0.05) is 64.5 Å². The number of aliphatic hydroxyl groups excluding tert-OH is 1. The molecule has 4 nitrogen and oxygen atoms in total. The number of Topliss-reactive ketones (excluding diaryl/α,β-unsaturated/α-hetero) is 1. The summed E-state index contributed by atoms with van der Waals surface area (Å²) in [6.07, 6.45) is 1.57. The van der Waals surface area contributed by atoms with Crippen LogP contribution in [0.1, 0.15) is 17.2 Å². The second-order valence-electron chi connectivity index (χ2n) is 5.66. The first-order valence-electron chi connectivity index (χ1n) is 7.74. The Labute approximate surface area is 154 Å². The number of rotatable bonds is 4. The van der Waals surface area contributed by atoms with Crippen molar-refractivity contribution in [1.82, 2.24) is 4.90 Å². The number of benzene rings is 2. The molecule has 2 aromatic rings. The fourth-order valence-corrected chi connectivity index (χ4v) is 3.21. The standard InChI is InChI=1S/C20H16BrNO3/c1-2-12-22-17(13-8-10-15(21)11-9-13)16(19(24)20(22)25)18(23)14-6-4-3-5-7-14/h2-11,17,23H,1,12H2/t17-/m0/s1. The van der Waals surface area contributed by atoms with Crippen LogP contribution in [0.3, 0.4) is 0 Å². The number of ketones is 1. The molecule has 25 heavy (non-hydrogen) atoms. The summed E-state index contributed by atoms with van der Waals surface area (Å²) in [5.41, 5.74) is 1.35. The molecule has 1 N–H and O–H groups in total. The number of carbonyl (C=O) groups is 2. The van der Waals surface area contributed by atoms with Crippen molar-refractivity contribution in [2.75, 3.05) is 6.54 Å². The van der Waals surface area contributed by atoms with Gasteiger partial charge in [-0.25, -0.2) is 0 Å². The molecule has 3 rings (SSSR count). The fourth-order valence-electron chi connectivity index (χ4n) is 2.95. The van der Waals surface area contributed by atoms with Gasteiger partial charge < -0.3 is 10.0 Å². The first-order valence-corrected chi connectivity index (χ1v) is 8.54. The molecule has 1 amide bonds. The molecule has 0 aliphatic carbocycles. The van der Waals surface area contributed by atoms with E-state index in [2.05, 4.69) is 22.5 Å². The molecule has 5 heteroatoms. The molecule has 1 heterocycles. The summed E-state index contributed by atoms with van der Waals surface area (Å²) in [6.45, 7) is 3.88. The maximum Gasteiger partial charge on any atom is 0.295 e. The maximum atomic E-state index is 12.6. The van der Waals surface area contributed by atoms with Crippen LogP contribution in [-0.4, -0.2) is 28.2 Å². The molecule has 1 fully saturated rings. The van der Waals surface area contributed by atoms with Crippen molar-refractivity contribution in [3.05, 3.63) is 88.4 Å². The molecule has 1 atom stereocenters. The van der Waals surface area contributed by atoms with Gasteiger partial charge in [-0.15, -0.1) is 6.58 Å². The summed E-state index contributed by atoms with van der Waals surface area (Å²) in [5, 5.41) is 10.7. The minimum absolute atomic E-state index is 0.0976. The zero-order chi connectivity index (χ0) is 18.0. The number of carbonyl (C=O) groups excluding carboxylic acids is 2. The van der Waals surface area contributed by atoms with Crippen LogP contribution in [0.4, 0.5) is 0 Å². The lowest BCUT2D eigenvalue weighted by molar-refractivity contribution is -0.139. The van der Waals surface area contributed by atoms with Crippen molar-refractivity contribution in [1.29, 1.82) is 0 Å². The number of amides is 1. The van der Waals surface area contributed by atoms with Crippen LogP contribution in [0, 0.1) is 0 Å².